The summed E-state index contributed by atoms with van der Waals surface area (Å²) in [7, 11) is 1.95. The Labute approximate surface area is 130 Å². The Kier molecular flexibility index (Phi) is 4.25. The van der Waals surface area contributed by atoms with E-state index in [2.05, 4.69) is 27.9 Å². The number of nitrogens with one attached hydrogen (secondary N) is 1. The maximum Gasteiger partial charge on any atom is 0.144 e. The molecule has 2 heterocycles. The topological polar surface area (TPSA) is 37.8 Å². The van der Waals surface area contributed by atoms with E-state index in [1.807, 2.05) is 30.6 Å². The highest BCUT2D eigenvalue weighted by Gasteiger charge is 2.30. The minimum atomic E-state index is 0.477. The first-order chi connectivity index (χ1) is 8.79. The zero-order valence-corrected chi connectivity index (χ0v) is 14.1. The van der Waals surface area contributed by atoms with Crippen molar-refractivity contribution in [1.29, 1.82) is 0 Å². The smallest absolute Gasteiger partial charge is 0.144 e. The van der Waals surface area contributed by atoms with Crippen LogP contribution in [0.1, 0.15) is 35.5 Å². The van der Waals surface area contributed by atoms with Gasteiger partial charge in [0.05, 0.1) is 14.5 Å². The summed E-state index contributed by atoms with van der Waals surface area (Å²) in [4.78, 5) is 9.60. The summed E-state index contributed by atoms with van der Waals surface area (Å²) in [5.74, 6) is 6.38. The van der Waals surface area contributed by atoms with E-state index in [1.54, 1.807) is 0 Å². The third-order valence-electron chi connectivity index (χ3n) is 3.20. The second kappa shape index (κ2) is 5.75. The van der Waals surface area contributed by atoms with Gasteiger partial charge in [0.25, 0.3) is 0 Å². The van der Waals surface area contributed by atoms with Gasteiger partial charge in [-0.25, -0.2) is 9.97 Å². The maximum absolute atomic E-state index is 4.87. The fraction of sp³-hybridized carbons (Fsp3) is 0.667. The van der Waals surface area contributed by atoms with Crippen LogP contribution in [0.15, 0.2) is 0 Å². The lowest BCUT2D eigenvalue weighted by atomic mass is 10.2. The minimum Gasteiger partial charge on any atom is -0.372 e. The van der Waals surface area contributed by atoms with Crippen molar-refractivity contribution in [1.82, 2.24) is 9.97 Å². The van der Waals surface area contributed by atoms with E-state index < -0.39 is 0 Å². The number of nitrogens with zero attached hydrogens (tertiary/aromatic N) is 2. The summed E-state index contributed by atoms with van der Waals surface area (Å²) >= 11 is 6.41. The van der Waals surface area contributed by atoms with Crippen LogP contribution in [-0.2, 0) is 0 Å². The van der Waals surface area contributed by atoms with Gasteiger partial charge in [-0.05, 0) is 35.4 Å². The highest BCUT2D eigenvalue weighted by molar-refractivity contribution is 14.1. The van der Waals surface area contributed by atoms with Crippen LogP contribution in [-0.4, -0.2) is 34.3 Å². The predicted octanol–water partition coefficient (Wildman–Crippen LogP) is 3.52. The summed E-state index contributed by atoms with van der Waals surface area (Å²) in [6.45, 7) is 0. The van der Waals surface area contributed by atoms with E-state index in [4.69, 9.17) is 9.97 Å². The van der Waals surface area contributed by atoms with E-state index in [0.29, 0.717) is 11.2 Å². The Balaban J connectivity index is 1.95. The Bertz CT molecular complexity index is 445. The average Bonchev–Trinajstić information content (AvgIpc) is 3.24. The number of thioether (sulfide) groups is 2. The van der Waals surface area contributed by atoms with Crippen LogP contribution < -0.4 is 5.32 Å². The van der Waals surface area contributed by atoms with Crippen LogP contribution in [0.2, 0.25) is 0 Å². The summed E-state index contributed by atoms with van der Waals surface area (Å²) < 4.78 is 1.22. The zero-order chi connectivity index (χ0) is 12.5. The number of aromatic nitrogens is 2. The molecule has 0 radical (unpaired) electrons. The minimum absolute atomic E-state index is 0.477. The summed E-state index contributed by atoms with van der Waals surface area (Å²) in [6, 6.07) is 0. The summed E-state index contributed by atoms with van der Waals surface area (Å²) in [5.41, 5.74) is 1.28. The molecular weight excluding hydrogens is 377 g/mol. The fourth-order valence-electron chi connectivity index (χ4n) is 2.06. The second-order valence-corrected chi connectivity index (χ2v) is 8.13. The third kappa shape index (κ3) is 2.75. The maximum atomic E-state index is 4.87. The van der Waals surface area contributed by atoms with Gasteiger partial charge in [-0.2, -0.15) is 11.8 Å². The standard InChI is InChI=1S/C12H16IN3S2/c1-14-12-9(13)10(7-2-3-7)15-11(16-12)8-6-17-4-5-18-8/h7-8H,2-6H2,1H3,(H,14,15,16). The molecule has 1 unspecified atom stereocenters. The number of halogens is 1. The second-order valence-electron chi connectivity index (χ2n) is 4.59. The molecule has 1 N–H and O–H groups in total. The molecule has 1 aliphatic carbocycles. The number of hydrogen-bond acceptors (Lipinski definition) is 5. The van der Waals surface area contributed by atoms with Crippen LogP contribution in [0.25, 0.3) is 0 Å². The van der Waals surface area contributed by atoms with Crippen molar-refractivity contribution in [2.24, 2.45) is 0 Å². The monoisotopic (exact) mass is 393 g/mol. The molecule has 0 aromatic carbocycles. The highest BCUT2D eigenvalue weighted by Crippen LogP contribution is 2.44. The van der Waals surface area contributed by atoms with E-state index >= 15 is 0 Å². The third-order valence-corrected chi connectivity index (χ3v) is 7.01. The molecule has 2 aliphatic rings. The van der Waals surface area contributed by atoms with Crippen molar-refractivity contribution in [3.05, 3.63) is 15.1 Å². The molecule has 3 rings (SSSR count). The molecular formula is C12H16IN3S2. The molecule has 1 saturated carbocycles. The quantitative estimate of drug-likeness (QED) is 0.796. The molecule has 0 bridgehead atoms. The Hall–Kier alpha value is 0.310. The van der Waals surface area contributed by atoms with Crippen LogP contribution in [0.4, 0.5) is 5.82 Å². The number of anilines is 1. The van der Waals surface area contributed by atoms with E-state index in [-0.39, 0.29) is 0 Å². The largest absolute Gasteiger partial charge is 0.372 e. The van der Waals surface area contributed by atoms with Gasteiger partial charge in [-0.1, -0.05) is 0 Å². The molecule has 6 heteroatoms. The number of rotatable bonds is 3. The highest BCUT2D eigenvalue weighted by atomic mass is 127. The molecule has 1 aromatic heterocycles. The van der Waals surface area contributed by atoms with Crippen LogP contribution in [0.5, 0.6) is 0 Å². The van der Waals surface area contributed by atoms with Crippen molar-refractivity contribution in [2.75, 3.05) is 29.6 Å². The average molecular weight is 393 g/mol. The zero-order valence-electron chi connectivity index (χ0n) is 10.3. The molecule has 1 atom stereocenters. The molecule has 1 saturated heterocycles. The lowest BCUT2D eigenvalue weighted by Gasteiger charge is -2.21. The Morgan fingerprint density at radius 3 is 2.72 bits per heavy atom. The van der Waals surface area contributed by atoms with Gasteiger partial charge in [-0.15, -0.1) is 11.8 Å². The molecule has 0 amide bonds. The number of hydrogen-bond donors (Lipinski definition) is 1. The normalized spacial score (nSPS) is 24.0. The molecule has 98 valence electrons. The first-order valence-electron chi connectivity index (χ1n) is 6.24. The molecule has 18 heavy (non-hydrogen) atoms. The summed E-state index contributed by atoms with van der Waals surface area (Å²) in [6.07, 6.45) is 2.59. The van der Waals surface area contributed by atoms with Crippen molar-refractivity contribution in [2.45, 2.75) is 24.0 Å². The van der Waals surface area contributed by atoms with Gasteiger partial charge in [0.1, 0.15) is 11.6 Å². The van der Waals surface area contributed by atoms with Gasteiger partial charge < -0.3 is 5.32 Å². The van der Waals surface area contributed by atoms with Gasteiger partial charge >= 0.3 is 0 Å². The molecule has 1 aromatic rings. The molecule has 2 fully saturated rings. The molecule has 1 aliphatic heterocycles. The molecule has 3 nitrogen and oxygen atoms in total. The molecule has 0 spiro atoms. The fourth-order valence-corrected chi connectivity index (χ4v) is 5.61. The lowest BCUT2D eigenvalue weighted by molar-refractivity contribution is 0.866. The van der Waals surface area contributed by atoms with E-state index in [9.17, 15) is 0 Å². The Morgan fingerprint density at radius 1 is 1.28 bits per heavy atom. The first kappa shape index (κ1) is 13.3. The SMILES string of the molecule is CNc1nc(C2CSCCS2)nc(C2CC2)c1I. The van der Waals surface area contributed by atoms with E-state index in [0.717, 1.165) is 17.4 Å². The Morgan fingerprint density at radius 2 is 2.11 bits per heavy atom. The van der Waals surface area contributed by atoms with Crippen molar-refractivity contribution < 1.29 is 0 Å². The van der Waals surface area contributed by atoms with E-state index in [1.165, 1.54) is 33.6 Å². The van der Waals surface area contributed by atoms with Crippen molar-refractivity contribution >= 4 is 51.9 Å². The van der Waals surface area contributed by atoms with Gasteiger partial charge in [0, 0.05) is 30.2 Å². The van der Waals surface area contributed by atoms with Crippen molar-refractivity contribution in [3.8, 4) is 0 Å². The van der Waals surface area contributed by atoms with Crippen LogP contribution >= 0.6 is 46.1 Å². The van der Waals surface area contributed by atoms with Gasteiger partial charge in [-0.3, -0.25) is 0 Å². The van der Waals surface area contributed by atoms with Gasteiger partial charge in [0.2, 0.25) is 0 Å². The van der Waals surface area contributed by atoms with Crippen LogP contribution in [0, 0.1) is 3.57 Å². The predicted molar refractivity (Wildman–Crippen MR) is 88.8 cm³/mol. The van der Waals surface area contributed by atoms with Crippen LogP contribution in [0.3, 0.4) is 0 Å². The first-order valence-corrected chi connectivity index (χ1v) is 9.52. The van der Waals surface area contributed by atoms with Crippen molar-refractivity contribution in [3.63, 3.8) is 0 Å². The van der Waals surface area contributed by atoms with Gasteiger partial charge in [0.15, 0.2) is 0 Å². The lowest BCUT2D eigenvalue weighted by Crippen LogP contribution is -2.14. The summed E-state index contributed by atoms with van der Waals surface area (Å²) in [5, 5.41) is 3.70.